The summed E-state index contributed by atoms with van der Waals surface area (Å²) in [5, 5.41) is 0. The van der Waals surface area contributed by atoms with Gasteiger partial charge in [-0.15, -0.1) is 0 Å². The SMILES string of the molecule is CCOC([SiH3])(CN(C)C)OCC. The lowest BCUT2D eigenvalue weighted by Gasteiger charge is -2.32. The first kappa shape index (κ1) is 12.1. The van der Waals surface area contributed by atoms with E-state index in [-0.39, 0.29) is 5.41 Å². The summed E-state index contributed by atoms with van der Waals surface area (Å²) in [6.07, 6.45) is 0. The van der Waals surface area contributed by atoms with Crippen molar-refractivity contribution in [2.75, 3.05) is 33.9 Å². The smallest absolute Gasteiger partial charge is 0.153 e. The van der Waals surface area contributed by atoms with E-state index in [9.17, 15) is 0 Å². The van der Waals surface area contributed by atoms with Gasteiger partial charge in [-0.2, -0.15) is 0 Å². The number of ether oxygens (including phenoxy) is 2. The zero-order chi connectivity index (χ0) is 9.61. The maximum atomic E-state index is 5.58. The van der Waals surface area contributed by atoms with Crippen LogP contribution >= 0.6 is 0 Å². The summed E-state index contributed by atoms with van der Waals surface area (Å²) in [7, 11) is 4.96. The van der Waals surface area contributed by atoms with E-state index < -0.39 is 0 Å². The van der Waals surface area contributed by atoms with Gasteiger partial charge in [-0.3, -0.25) is 0 Å². The first-order valence-corrected chi connectivity index (χ1v) is 5.46. The topological polar surface area (TPSA) is 21.7 Å². The number of hydrogen-bond donors (Lipinski definition) is 0. The largest absolute Gasteiger partial charge is 0.354 e. The predicted octanol–water partition coefficient (Wildman–Crippen LogP) is -0.360. The van der Waals surface area contributed by atoms with Crippen molar-refractivity contribution in [2.24, 2.45) is 0 Å². The Morgan fingerprint density at radius 3 is 1.83 bits per heavy atom. The average Bonchev–Trinajstić information content (AvgIpc) is 1.85. The first-order chi connectivity index (χ1) is 5.54. The molecule has 0 amide bonds. The molecule has 0 radical (unpaired) electrons. The van der Waals surface area contributed by atoms with Crippen molar-refractivity contribution in [1.82, 2.24) is 4.90 Å². The summed E-state index contributed by atoms with van der Waals surface area (Å²) in [6, 6.07) is 0. The molecule has 0 fully saturated rings. The van der Waals surface area contributed by atoms with Crippen LogP contribution in [0.15, 0.2) is 0 Å². The fraction of sp³-hybridized carbons (Fsp3) is 1.00. The Morgan fingerprint density at radius 2 is 1.58 bits per heavy atom. The molecule has 0 aromatic rings. The van der Waals surface area contributed by atoms with Gasteiger partial charge < -0.3 is 14.4 Å². The third-order valence-corrected chi connectivity index (χ3v) is 2.40. The van der Waals surface area contributed by atoms with E-state index in [1.807, 2.05) is 27.9 Å². The lowest BCUT2D eigenvalue weighted by Crippen LogP contribution is -2.45. The van der Waals surface area contributed by atoms with Crippen molar-refractivity contribution in [2.45, 2.75) is 19.3 Å². The van der Waals surface area contributed by atoms with Crippen LogP contribution in [0.25, 0.3) is 0 Å². The van der Waals surface area contributed by atoms with Crippen LogP contribution in [-0.2, 0) is 9.47 Å². The highest BCUT2D eigenvalue weighted by atomic mass is 28.1. The summed E-state index contributed by atoms with van der Waals surface area (Å²) in [5.74, 6) is 0. The van der Waals surface area contributed by atoms with Crippen molar-refractivity contribution in [3.8, 4) is 0 Å². The Balaban J connectivity index is 3.98. The second-order valence-corrected chi connectivity index (χ2v) is 4.76. The van der Waals surface area contributed by atoms with E-state index in [1.54, 1.807) is 0 Å². The molecule has 0 aromatic carbocycles. The fourth-order valence-electron chi connectivity index (χ4n) is 1.32. The molecule has 0 rings (SSSR count). The lowest BCUT2D eigenvalue weighted by molar-refractivity contribution is -0.179. The summed E-state index contributed by atoms with van der Waals surface area (Å²) in [4.78, 5) is 2.10. The minimum atomic E-state index is -0.312. The molecule has 0 aliphatic rings. The summed E-state index contributed by atoms with van der Waals surface area (Å²) in [5.41, 5.74) is -0.312. The molecule has 0 saturated heterocycles. The van der Waals surface area contributed by atoms with Gasteiger partial charge in [0.2, 0.25) is 0 Å². The van der Waals surface area contributed by atoms with Gasteiger partial charge in [0.15, 0.2) is 5.41 Å². The van der Waals surface area contributed by atoms with Crippen LogP contribution in [0.2, 0.25) is 0 Å². The van der Waals surface area contributed by atoms with Crippen LogP contribution in [0.1, 0.15) is 13.8 Å². The Hall–Kier alpha value is 0.0969. The molecule has 0 saturated carbocycles. The van der Waals surface area contributed by atoms with Gasteiger partial charge in [0, 0.05) is 19.8 Å². The molecule has 3 nitrogen and oxygen atoms in total. The summed E-state index contributed by atoms with van der Waals surface area (Å²) in [6.45, 7) is 6.29. The minimum Gasteiger partial charge on any atom is -0.354 e. The Kier molecular flexibility index (Phi) is 5.74. The van der Waals surface area contributed by atoms with Gasteiger partial charge in [-0.1, -0.05) is 0 Å². The summed E-state index contributed by atoms with van der Waals surface area (Å²) >= 11 is 0. The molecule has 0 atom stereocenters. The molecule has 12 heavy (non-hydrogen) atoms. The van der Waals surface area contributed by atoms with Crippen molar-refractivity contribution >= 4 is 10.2 Å². The van der Waals surface area contributed by atoms with Crippen LogP contribution in [0, 0.1) is 0 Å². The third-order valence-electron chi connectivity index (χ3n) is 1.50. The molecule has 0 spiro atoms. The maximum Gasteiger partial charge on any atom is 0.153 e. The van der Waals surface area contributed by atoms with E-state index in [0.29, 0.717) is 0 Å². The molecule has 0 aromatic heterocycles. The highest BCUT2D eigenvalue weighted by Gasteiger charge is 2.24. The number of rotatable bonds is 6. The number of hydrogen-bond acceptors (Lipinski definition) is 3. The first-order valence-electron chi connectivity index (χ1n) is 4.46. The normalized spacial score (nSPS) is 12.8. The van der Waals surface area contributed by atoms with Crippen LogP contribution in [0.5, 0.6) is 0 Å². The van der Waals surface area contributed by atoms with Gasteiger partial charge in [-0.05, 0) is 27.9 Å². The van der Waals surface area contributed by atoms with Crippen LogP contribution < -0.4 is 0 Å². The molecule has 0 N–H and O–H groups in total. The Labute approximate surface area is 78.5 Å². The fourth-order valence-corrected chi connectivity index (χ4v) is 2.53. The second-order valence-electron chi connectivity index (χ2n) is 3.24. The summed E-state index contributed by atoms with van der Waals surface area (Å²) < 4.78 is 11.2. The minimum absolute atomic E-state index is 0.312. The molecule has 74 valence electrons. The Morgan fingerprint density at radius 1 is 1.17 bits per heavy atom. The highest BCUT2D eigenvalue weighted by molar-refractivity contribution is 6.13. The number of nitrogens with zero attached hydrogens (tertiary/aromatic N) is 1. The molecule has 0 bridgehead atoms. The standard InChI is InChI=1S/C8H21NO2Si/c1-5-10-8(12,11-6-2)7-9(3)4/h5-7H2,1-4,12H3. The van der Waals surface area contributed by atoms with Crippen LogP contribution in [0.3, 0.4) is 0 Å². The van der Waals surface area contributed by atoms with Crippen molar-refractivity contribution in [3.63, 3.8) is 0 Å². The Bertz CT molecular complexity index is 114. The molecule has 0 aliphatic carbocycles. The van der Waals surface area contributed by atoms with E-state index >= 15 is 0 Å². The second kappa shape index (κ2) is 5.69. The molecular weight excluding hydrogens is 170 g/mol. The maximum absolute atomic E-state index is 5.58. The molecule has 0 unspecified atom stereocenters. The third kappa shape index (κ3) is 4.87. The zero-order valence-corrected chi connectivity index (χ0v) is 10.9. The van der Waals surface area contributed by atoms with E-state index in [0.717, 1.165) is 30.0 Å². The van der Waals surface area contributed by atoms with Crippen molar-refractivity contribution in [3.05, 3.63) is 0 Å². The quantitative estimate of drug-likeness (QED) is 0.423. The van der Waals surface area contributed by atoms with Gasteiger partial charge in [0.1, 0.15) is 0 Å². The predicted molar refractivity (Wildman–Crippen MR) is 54.5 cm³/mol. The average molecular weight is 191 g/mol. The van der Waals surface area contributed by atoms with Crippen LogP contribution in [0.4, 0.5) is 0 Å². The van der Waals surface area contributed by atoms with Crippen molar-refractivity contribution in [1.29, 1.82) is 0 Å². The zero-order valence-electron chi connectivity index (χ0n) is 8.89. The highest BCUT2D eigenvalue weighted by Crippen LogP contribution is 2.09. The molecule has 0 aliphatic heterocycles. The molecule has 4 heteroatoms. The van der Waals surface area contributed by atoms with Gasteiger partial charge in [0.05, 0.1) is 10.2 Å². The number of likely N-dealkylation sites (N-methyl/N-ethyl adjacent to an activating group) is 1. The monoisotopic (exact) mass is 191 g/mol. The van der Waals surface area contributed by atoms with Gasteiger partial charge in [0.25, 0.3) is 0 Å². The van der Waals surface area contributed by atoms with E-state index in [2.05, 4.69) is 4.90 Å². The van der Waals surface area contributed by atoms with E-state index in [1.165, 1.54) is 0 Å². The van der Waals surface area contributed by atoms with Gasteiger partial charge >= 0.3 is 0 Å². The van der Waals surface area contributed by atoms with Gasteiger partial charge in [-0.25, -0.2) is 0 Å². The lowest BCUT2D eigenvalue weighted by atomic mass is 10.5. The molecular formula is C8H21NO2Si. The van der Waals surface area contributed by atoms with Crippen LogP contribution in [-0.4, -0.2) is 54.4 Å². The molecule has 0 heterocycles. The van der Waals surface area contributed by atoms with E-state index in [4.69, 9.17) is 9.47 Å². The van der Waals surface area contributed by atoms with Crippen molar-refractivity contribution < 1.29 is 9.47 Å².